The van der Waals surface area contributed by atoms with Crippen LogP contribution in [-0.4, -0.2) is 32.2 Å². The Labute approximate surface area is 189 Å². The second-order valence-electron chi connectivity index (χ2n) is 6.49. The predicted octanol–water partition coefficient (Wildman–Crippen LogP) is 5.07. The second-order valence-corrected chi connectivity index (χ2v) is 8.24. The van der Waals surface area contributed by atoms with Gasteiger partial charge in [0.25, 0.3) is 5.91 Å². The van der Waals surface area contributed by atoms with E-state index in [1.54, 1.807) is 24.3 Å². The zero-order valence-corrected chi connectivity index (χ0v) is 18.8. The van der Waals surface area contributed by atoms with Crippen LogP contribution < -0.4 is 5.32 Å². The summed E-state index contributed by atoms with van der Waals surface area (Å²) in [5.74, 6) is 0.598. The Morgan fingerprint density at radius 2 is 1.80 bits per heavy atom. The van der Waals surface area contributed by atoms with Crippen LogP contribution >= 0.6 is 35.0 Å². The fraction of sp³-hybridized carbons (Fsp3) is 0.238. The molecule has 3 aromatic rings. The molecule has 1 N–H and O–H groups in total. The first kappa shape index (κ1) is 22.3. The van der Waals surface area contributed by atoms with Crippen LogP contribution in [0.25, 0.3) is 0 Å². The van der Waals surface area contributed by atoms with Crippen molar-refractivity contribution in [2.24, 2.45) is 0 Å². The number of halogens is 2. The first-order valence-electron chi connectivity index (χ1n) is 9.30. The number of hydrogen-bond donors (Lipinski definition) is 1. The van der Waals surface area contributed by atoms with Crippen LogP contribution in [0.1, 0.15) is 46.4 Å². The molecule has 0 saturated heterocycles. The second kappa shape index (κ2) is 10.1. The maximum atomic E-state index is 12.6. The molecule has 156 valence electrons. The van der Waals surface area contributed by atoms with Crippen molar-refractivity contribution in [1.29, 1.82) is 0 Å². The summed E-state index contributed by atoms with van der Waals surface area (Å²) in [6.45, 7) is 4.40. The molecule has 0 aliphatic heterocycles. The molecule has 3 rings (SSSR count). The molecule has 0 saturated carbocycles. The van der Waals surface area contributed by atoms with Crippen LogP contribution in [0.3, 0.4) is 0 Å². The number of benzene rings is 2. The molecule has 1 unspecified atom stereocenters. The fourth-order valence-corrected chi connectivity index (χ4v) is 4.05. The quantitative estimate of drug-likeness (QED) is 0.373. The average Bonchev–Trinajstić information content (AvgIpc) is 3.17. The number of ketones is 1. The number of amides is 1. The van der Waals surface area contributed by atoms with E-state index in [0.29, 0.717) is 38.7 Å². The Morgan fingerprint density at radius 1 is 1.07 bits per heavy atom. The van der Waals surface area contributed by atoms with E-state index in [4.69, 9.17) is 23.2 Å². The van der Waals surface area contributed by atoms with Gasteiger partial charge in [-0.1, -0.05) is 65.3 Å². The van der Waals surface area contributed by atoms with E-state index in [9.17, 15) is 9.59 Å². The largest absolute Gasteiger partial charge is 0.342 e. The first-order valence-corrected chi connectivity index (χ1v) is 11.0. The van der Waals surface area contributed by atoms with Gasteiger partial charge in [-0.3, -0.25) is 9.59 Å². The van der Waals surface area contributed by atoms with E-state index in [0.717, 1.165) is 0 Å². The summed E-state index contributed by atoms with van der Waals surface area (Å²) in [5, 5.41) is 12.7. The highest BCUT2D eigenvalue weighted by molar-refractivity contribution is 7.99. The van der Waals surface area contributed by atoms with E-state index < -0.39 is 6.04 Å². The number of nitrogens with one attached hydrogen (secondary N) is 1. The van der Waals surface area contributed by atoms with Gasteiger partial charge >= 0.3 is 0 Å². The lowest BCUT2D eigenvalue weighted by Crippen LogP contribution is -2.28. The maximum absolute atomic E-state index is 12.6. The van der Waals surface area contributed by atoms with Gasteiger partial charge in [-0.25, -0.2) is 0 Å². The molecule has 0 bridgehead atoms. The lowest BCUT2D eigenvalue weighted by atomic mass is 10.2. The Bertz CT molecular complexity index is 1060. The minimum Gasteiger partial charge on any atom is -0.342 e. The fourth-order valence-electron chi connectivity index (χ4n) is 2.84. The zero-order chi connectivity index (χ0) is 21.7. The molecule has 0 aliphatic carbocycles. The third-order valence-corrected chi connectivity index (χ3v) is 6.11. The molecule has 1 amide bonds. The number of carbonyl (C=O) groups is 2. The van der Waals surface area contributed by atoms with Crippen LogP contribution in [0, 0.1) is 0 Å². The van der Waals surface area contributed by atoms with Crippen molar-refractivity contribution < 1.29 is 9.59 Å². The molecule has 0 fully saturated rings. The summed E-state index contributed by atoms with van der Waals surface area (Å²) in [7, 11) is 0. The van der Waals surface area contributed by atoms with E-state index in [1.807, 2.05) is 36.6 Å². The molecule has 6 nitrogen and oxygen atoms in total. The van der Waals surface area contributed by atoms with Gasteiger partial charge in [0.1, 0.15) is 0 Å². The molecule has 0 aliphatic rings. The van der Waals surface area contributed by atoms with Gasteiger partial charge in [0, 0.05) is 17.7 Å². The standard InChI is InChI=1S/C21H20Cl2N4O2S/c1-3-27-19(13(2)24-20(29)15-9-10-16(22)17(23)11-15)25-26-21(27)30-12-18(28)14-7-5-4-6-8-14/h4-11,13H,3,12H2,1-2H3,(H,24,29). The van der Waals surface area contributed by atoms with E-state index >= 15 is 0 Å². The summed E-state index contributed by atoms with van der Waals surface area (Å²) in [5.41, 5.74) is 1.07. The number of thioether (sulfide) groups is 1. The molecule has 0 radical (unpaired) electrons. The Kier molecular flexibility index (Phi) is 7.53. The third kappa shape index (κ3) is 5.22. The molecule has 1 heterocycles. The predicted molar refractivity (Wildman–Crippen MR) is 120 cm³/mol. The van der Waals surface area contributed by atoms with Crippen LogP contribution in [0.4, 0.5) is 0 Å². The molecular weight excluding hydrogens is 443 g/mol. The summed E-state index contributed by atoms with van der Waals surface area (Å²) in [4.78, 5) is 24.9. The van der Waals surface area contributed by atoms with E-state index in [-0.39, 0.29) is 17.4 Å². The zero-order valence-electron chi connectivity index (χ0n) is 16.4. The van der Waals surface area contributed by atoms with Crippen molar-refractivity contribution in [3.05, 3.63) is 75.5 Å². The molecule has 0 spiro atoms. The van der Waals surface area contributed by atoms with Gasteiger partial charge in [0.15, 0.2) is 16.8 Å². The van der Waals surface area contributed by atoms with Gasteiger partial charge in [0.05, 0.1) is 21.8 Å². The summed E-state index contributed by atoms with van der Waals surface area (Å²) in [6, 6.07) is 13.4. The van der Waals surface area contributed by atoms with Crippen LogP contribution in [0.5, 0.6) is 0 Å². The SMILES string of the molecule is CCn1c(SCC(=O)c2ccccc2)nnc1C(C)NC(=O)c1ccc(Cl)c(Cl)c1. The molecule has 1 aromatic heterocycles. The number of aromatic nitrogens is 3. The minimum absolute atomic E-state index is 0.0220. The number of Topliss-reactive ketones (excluding diaryl/α,β-unsaturated/α-hetero) is 1. The highest BCUT2D eigenvalue weighted by Gasteiger charge is 2.20. The average molecular weight is 463 g/mol. The minimum atomic E-state index is -0.390. The van der Waals surface area contributed by atoms with Crippen molar-refractivity contribution in [2.75, 3.05) is 5.75 Å². The van der Waals surface area contributed by atoms with E-state index in [1.165, 1.54) is 17.8 Å². The number of hydrogen-bond acceptors (Lipinski definition) is 5. The Balaban J connectivity index is 1.68. The lowest BCUT2D eigenvalue weighted by molar-refractivity contribution is 0.0936. The monoisotopic (exact) mass is 462 g/mol. The van der Waals surface area contributed by atoms with Crippen molar-refractivity contribution in [3.8, 4) is 0 Å². The summed E-state index contributed by atoms with van der Waals surface area (Å²) < 4.78 is 1.89. The summed E-state index contributed by atoms with van der Waals surface area (Å²) >= 11 is 13.2. The molecular formula is C21H20Cl2N4O2S. The normalized spacial score (nSPS) is 11.9. The highest BCUT2D eigenvalue weighted by atomic mass is 35.5. The van der Waals surface area contributed by atoms with Crippen molar-refractivity contribution in [3.63, 3.8) is 0 Å². The Morgan fingerprint density at radius 3 is 2.47 bits per heavy atom. The van der Waals surface area contributed by atoms with Crippen LogP contribution in [0.15, 0.2) is 53.7 Å². The summed E-state index contributed by atoms with van der Waals surface area (Å²) in [6.07, 6.45) is 0. The van der Waals surface area contributed by atoms with E-state index in [2.05, 4.69) is 15.5 Å². The maximum Gasteiger partial charge on any atom is 0.251 e. The van der Waals surface area contributed by atoms with Gasteiger partial charge in [0.2, 0.25) is 0 Å². The van der Waals surface area contributed by atoms with Crippen LogP contribution in [-0.2, 0) is 6.54 Å². The number of nitrogens with zero attached hydrogens (tertiary/aromatic N) is 3. The number of carbonyl (C=O) groups excluding carboxylic acids is 2. The highest BCUT2D eigenvalue weighted by Crippen LogP contribution is 2.24. The van der Waals surface area contributed by atoms with Crippen molar-refractivity contribution in [2.45, 2.75) is 31.6 Å². The van der Waals surface area contributed by atoms with Crippen LogP contribution in [0.2, 0.25) is 10.0 Å². The smallest absolute Gasteiger partial charge is 0.251 e. The van der Waals surface area contributed by atoms with Gasteiger partial charge in [-0.15, -0.1) is 10.2 Å². The molecule has 2 aromatic carbocycles. The van der Waals surface area contributed by atoms with Gasteiger partial charge in [-0.2, -0.15) is 0 Å². The number of rotatable bonds is 8. The van der Waals surface area contributed by atoms with Crippen molar-refractivity contribution >= 4 is 46.7 Å². The third-order valence-electron chi connectivity index (χ3n) is 4.41. The lowest BCUT2D eigenvalue weighted by Gasteiger charge is -2.15. The Hall–Kier alpha value is -2.35. The molecule has 9 heteroatoms. The first-order chi connectivity index (χ1) is 14.4. The molecule has 1 atom stereocenters. The van der Waals surface area contributed by atoms with Crippen molar-refractivity contribution in [1.82, 2.24) is 20.1 Å². The van der Waals surface area contributed by atoms with Gasteiger partial charge < -0.3 is 9.88 Å². The molecule has 30 heavy (non-hydrogen) atoms. The topological polar surface area (TPSA) is 76.9 Å². The van der Waals surface area contributed by atoms with Gasteiger partial charge in [-0.05, 0) is 32.0 Å².